The second-order valence-corrected chi connectivity index (χ2v) is 4.07. The van der Waals surface area contributed by atoms with Gasteiger partial charge in [-0.05, 0) is 37.3 Å². The smallest absolute Gasteiger partial charge is 0.274 e. The normalized spacial score (nSPS) is 9.68. The lowest BCUT2D eigenvalue weighted by molar-refractivity contribution is -0.385. The van der Waals surface area contributed by atoms with E-state index >= 15 is 0 Å². The fraction of sp³-hybridized carbons (Fsp3) is 0.0714. The molecular weight excluding hydrogens is 242 g/mol. The van der Waals surface area contributed by atoms with Crippen molar-refractivity contribution in [1.82, 2.24) is 0 Å². The van der Waals surface area contributed by atoms with Crippen molar-refractivity contribution in [2.24, 2.45) is 0 Å². The number of anilines is 2. The van der Waals surface area contributed by atoms with E-state index in [2.05, 4.69) is 5.32 Å². The van der Waals surface area contributed by atoms with Gasteiger partial charge in [0.25, 0.3) is 5.69 Å². The molecule has 2 aromatic rings. The van der Waals surface area contributed by atoms with E-state index < -0.39 is 4.92 Å². The van der Waals surface area contributed by atoms with Crippen LogP contribution in [0.4, 0.5) is 17.1 Å². The summed E-state index contributed by atoms with van der Waals surface area (Å²) in [6, 6.07) is 13.9. The Morgan fingerprint density at radius 2 is 1.79 bits per heavy atom. The Kier molecular flexibility index (Phi) is 3.44. The number of aryl methyl sites for hydroxylation is 1. The molecule has 0 saturated carbocycles. The van der Waals surface area contributed by atoms with Crippen molar-refractivity contribution in [3.63, 3.8) is 0 Å². The number of nitro benzene ring substituents is 1. The van der Waals surface area contributed by atoms with Crippen LogP contribution in [0.2, 0.25) is 0 Å². The predicted molar refractivity (Wildman–Crippen MR) is 72.3 cm³/mol. The molecule has 5 nitrogen and oxygen atoms in total. The van der Waals surface area contributed by atoms with Crippen molar-refractivity contribution < 1.29 is 4.92 Å². The molecule has 0 radical (unpaired) electrons. The molecule has 5 heteroatoms. The third-order valence-corrected chi connectivity index (χ3v) is 2.71. The van der Waals surface area contributed by atoms with Crippen LogP contribution in [0.1, 0.15) is 11.1 Å². The highest BCUT2D eigenvalue weighted by Crippen LogP contribution is 2.24. The maximum absolute atomic E-state index is 10.9. The number of hydrogen-bond donors (Lipinski definition) is 1. The van der Waals surface area contributed by atoms with Crippen LogP contribution in [-0.2, 0) is 0 Å². The third kappa shape index (κ3) is 2.87. The molecule has 0 saturated heterocycles. The van der Waals surface area contributed by atoms with Crippen LogP contribution in [0.5, 0.6) is 0 Å². The Labute approximate surface area is 110 Å². The van der Waals surface area contributed by atoms with E-state index in [0.717, 1.165) is 5.69 Å². The second-order valence-electron chi connectivity index (χ2n) is 4.07. The summed E-state index contributed by atoms with van der Waals surface area (Å²) in [5.74, 6) is 0. The van der Waals surface area contributed by atoms with Crippen molar-refractivity contribution in [3.8, 4) is 6.07 Å². The number of nitriles is 1. The molecule has 0 aliphatic carbocycles. The van der Waals surface area contributed by atoms with Crippen LogP contribution in [-0.4, -0.2) is 4.92 Å². The number of nitro groups is 1. The van der Waals surface area contributed by atoms with Crippen LogP contribution >= 0.6 is 0 Å². The topological polar surface area (TPSA) is 79.0 Å². The van der Waals surface area contributed by atoms with Crippen molar-refractivity contribution >= 4 is 17.1 Å². The Morgan fingerprint density at radius 1 is 1.16 bits per heavy atom. The Balaban J connectivity index is 2.25. The van der Waals surface area contributed by atoms with Gasteiger partial charge in [-0.1, -0.05) is 6.07 Å². The lowest BCUT2D eigenvalue weighted by Gasteiger charge is -2.07. The van der Waals surface area contributed by atoms with Crippen LogP contribution in [0, 0.1) is 28.4 Å². The second kappa shape index (κ2) is 5.19. The molecule has 0 aliphatic rings. The summed E-state index contributed by atoms with van der Waals surface area (Å²) in [5, 5.41) is 22.6. The largest absolute Gasteiger partial charge is 0.355 e. The number of nitrogens with one attached hydrogen (secondary N) is 1. The van der Waals surface area contributed by atoms with Crippen molar-refractivity contribution in [1.29, 1.82) is 5.26 Å². The van der Waals surface area contributed by atoms with E-state index in [9.17, 15) is 10.1 Å². The standard InChI is InChI=1S/C14H11N3O2/c1-10-2-5-13(8-14(10)17(18)19)16-12-6-3-11(9-15)4-7-12/h2-8,16H,1H3. The van der Waals surface area contributed by atoms with Gasteiger partial charge in [0.2, 0.25) is 0 Å². The van der Waals surface area contributed by atoms with Gasteiger partial charge in [-0.2, -0.15) is 5.26 Å². The van der Waals surface area contributed by atoms with E-state index in [1.54, 1.807) is 43.3 Å². The van der Waals surface area contributed by atoms with Crippen molar-refractivity contribution in [2.45, 2.75) is 6.92 Å². The van der Waals surface area contributed by atoms with E-state index in [1.807, 2.05) is 6.07 Å². The molecule has 19 heavy (non-hydrogen) atoms. The zero-order valence-corrected chi connectivity index (χ0v) is 10.3. The van der Waals surface area contributed by atoms with Gasteiger partial charge in [0, 0.05) is 23.0 Å². The van der Waals surface area contributed by atoms with Crippen LogP contribution in [0.15, 0.2) is 42.5 Å². The van der Waals surface area contributed by atoms with Crippen molar-refractivity contribution in [2.75, 3.05) is 5.32 Å². The Hall–Kier alpha value is -2.87. The molecule has 0 atom stereocenters. The van der Waals surface area contributed by atoms with Crippen molar-refractivity contribution in [3.05, 3.63) is 63.7 Å². The van der Waals surface area contributed by atoms with Gasteiger partial charge >= 0.3 is 0 Å². The van der Waals surface area contributed by atoms with Gasteiger partial charge < -0.3 is 5.32 Å². The van der Waals surface area contributed by atoms with E-state index in [0.29, 0.717) is 16.8 Å². The summed E-state index contributed by atoms with van der Waals surface area (Å²) in [5.41, 5.74) is 2.69. The summed E-state index contributed by atoms with van der Waals surface area (Å²) in [6.45, 7) is 1.70. The highest BCUT2D eigenvalue weighted by atomic mass is 16.6. The summed E-state index contributed by atoms with van der Waals surface area (Å²) >= 11 is 0. The molecule has 1 N–H and O–H groups in total. The minimum Gasteiger partial charge on any atom is -0.355 e. The van der Waals surface area contributed by atoms with Gasteiger partial charge in [-0.15, -0.1) is 0 Å². The van der Waals surface area contributed by atoms with E-state index in [-0.39, 0.29) is 5.69 Å². The quantitative estimate of drug-likeness (QED) is 0.670. The number of benzene rings is 2. The average Bonchev–Trinajstić information content (AvgIpc) is 2.41. The zero-order valence-electron chi connectivity index (χ0n) is 10.3. The number of hydrogen-bond acceptors (Lipinski definition) is 4. The molecule has 0 amide bonds. The predicted octanol–water partition coefficient (Wildman–Crippen LogP) is 3.52. The lowest BCUT2D eigenvalue weighted by Crippen LogP contribution is -1.95. The maximum Gasteiger partial charge on any atom is 0.274 e. The van der Waals surface area contributed by atoms with E-state index in [4.69, 9.17) is 5.26 Å². The Bertz CT molecular complexity index is 657. The molecule has 2 aromatic carbocycles. The third-order valence-electron chi connectivity index (χ3n) is 2.71. The summed E-state index contributed by atoms with van der Waals surface area (Å²) in [6.07, 6.45) is 0. The summed E-state index contributed by atoms with van der Waals surface area (Å²) in [7, 11) is 0. The number of nitrogens with zero attached hydrogens (tertiary/aromatic N) is 2. The minimum absolute atomic E-state index is 0.0821. The average molecular weight is 253 g/mol. The first-order chi connectivity index (χ1) is 9.10. The Morgan fingerprint density at radius 3 is 2.37 bits per heavy atom. The molecule has 94 valence electrons. The molecule has 0 fully saturated rings. The SMILES string of the molecule is Cc1ccc(Nc2ccc(C#N)cc2)cc1[N+](=O)[O-]. The van der Waals surface area contributed by atoms with Crippen LogP contribution in [0.3, 0.4) is 0 Å². The fourth-order valence-corrected chi connectivity index (χ4v) is 1.68. The monoisotopic (exact) mass is 253 g/mol. The first kappa shape index (κ1) is 12.6. The maximum atomic E-state index is 10.9. The van der Waals surface area contributed by atoms with Gasteiger partial charge in [0.05, 0.1) is 16.6 Å². The highest BCUT2D eigenvalue weighted by molar-refractivity contribution is 5.64. The summed E-state index contributed by atoms with van der Waals surface area (Å²) < 4.78 is 0. The lowest BCUT2D eigenvalue weighted by atomic mass is 10.1. The van der Waals surface area contributed by atoms with Gasteiger partial charge in [-0.3, -0.25) is 10.1 Å². The molecule has 0 unspecified atom stereocenters. The van der Waals surface area contributed by atoms with Gasteiger partial charge in [0.15, 0.2) is 0 Å². The van der Waals surface area contributed by atoms with Gasteiger partial charge in [-0.25, -0.2) is 0 Å². The van der Waals surface area contributed by atoms with Crippen LogP contribution in [0.25, 0.3) is 0 Å². The molecule has 0 spiro atoms. The first-order valence-electron chi connectivity index (χ1n) is 5.62. The first-order valence-corrected chi connectivity index (χ1v) is 5.62. The van der Waals surface area contributed by atoms with Gasteiger partial charge in [0.1, 0.15) is 0 Å². The molecule has 0 aromatic heterocycles. The summed E-state index contributed by atoms with van der Waals surface area (Å²) in [4.78, 5) is 10.4. The molecule has 0 heterocycles. The molecular formula is C14H11N3O2. The molecule has 0 aliphatic heterocycles. The molecule has 0 bridgehead atoms. The minimum atomic E-state index is -0.403. The zero-order chi connectivity index (χ0) is 13.8. The fourth-order valence-electron chi connectivity index (χ4n) is 1.68. The van der Waals surface area contributed by atoms with Crippen LogP contribution < -0.4 is 5.32 Å². The highest BCUT2D eigenvalue weighted by Gasteiger charge is 2.10. The number of rotatable bonds is 3. The molecule has 2 rings (SSSR count). The van der Waals surface area contributed by atoms with E-state index in [1.165, 1.54) is 6.07 Å².